The summed E-state index contributed by atoms with van der Waals surface area (Å²) in [6.07, 6.45) is 0.340. The molecule has 1 rings (SSSR count). The fourth-order valence-corrected chi connectivity index (χ4v) is 2.06. The monoisotopic (exact) mass is 272 g/mol. The first-order valence-corrected chi connectivity index (χ1v) is 6.65. The molecule has 0 aromatic heterocycles. The highest BCUT2D eigenvalue weighted by atomic mass is 32.2. The summed E-state index contributed by atoms with van der Waals surface area (Å²) in [5, 5.41) is 11.6. The van der Waals surface area contributed by atoms with Crippen molar-refractivity contribution in [2.75, 3.05) is 23.4 Å². The quantitative estimate of drug-likeness (QED) is 0.691. The van der Waals surface area contributed by atoms with E-state index in [0.29, 0.717) is 17.9 Å². The third-order valence-corrected chi connectivity index (χ3v) is 3.43. The molecular formula is C12H17FN2O2S. The summed E-state index contributed by atoms with van der Waals surface area (Å²) in [5.41, 5.74) is 5.89. The smallest absolute Gasteiger partial charge is 0.225 e. The molecule has 1 aromatic carbocycles. The van der Waals surface area contributed by atoms with Crippen LogP contribution in [0.4, 0.5) is 15.8 Å². The molecular weight excluding hydrogens is 255 g/mol. The minimum atomic E-state index is -0.500. The zero-order chi connectivity index (χ0) is 13.5. The zero-order valence-corrected chi connectivity index (χ0v) is 11.0. The van der Waals surface area contributed by atoms with E-state index in [1.165, 1.54) is 30.0 Å². The van der Waals surface area contributed by atoms with Crippen LogP contribution in [0, 0.1) is 5.82 Å². The van der Waals surface area contributed by atoms with Crippen molar-refractivity contribution in [2.45, 2.75) is 18.6 Å². The topological polar surface area (TPSA) is 75.3 Å². The number of rotatable bonds is 6. The van der Waals surface area contributed by atoms with Crippen LogP contribution in [-0.4, -0.2) is 28.6 Å². The molecule has 0 aliphatic carbocycles. The Bertz CT molecular complexity index is 415. The number of halogens is 1. The number of benzene rings is 1. The zero-order valence-electron chi connectivity index (χ0n) is 10.1. The number of nitrogen functional groups attached to an aromatic ring is 1. The maximum absolute atomic E-state index is 12.9. The molecule has 1 atom stereocenters. The summed E-state index contributed by atoms with van der Waals surface area (Å²) < 4.78 is 12.9. The lowest BCUT2D eigenvalue weighted by Crippen LogP contribution is -2.14. The summed E-state index contributed by atoms with van der Waals surface area (Å²) in [5.74, 6) is -0.0245. The van der Waals surface area contributed by atoms with E-state index in [1.54, 1.807) is 0 Å². The van der Waals surface area contributed by atoms with Gasteiger partial charge in [-0.3, -0.25) is 4.79 Å². The second-order valence-electron chi connectivity index (χ2n) is 3.90. The van der Waals surface area contributed by atoms with Crippen LogP contribution in [0.2, 0.25) is 0 Å². The molecule has 0 aliphatic rings. The van der Waals surface area contributed by atoms with Crippen molar-refractivity contribution in [2.24, 2.45) is 0 Å². The molecule has 4 N–H and O–H groups in total. The largest absolute Gasteiger partial charge is 0.396 e. The first-order chi connectivity index (χ1) is 8.52. The summed E-state index contributed by atoms with van der Waals surface area (Å²) in [7, 11) is 0. The van der Waals surface area contributed by atoms with E-state index < -0.39 is 5.82 Å². The third kappa shape index (κ3) is 4.93. The van der Waals surface area contributed by atoms with Crippen LogP contribution in [0.5, 0.6) is 0 Å². The van der Waals surface area contributed by atoms with E-state index in [-0.39, 0.29) is 23.5 Å². The van der Waals surface area contributed by atoms with Crippen molar-refractivity contribution in [1.82, 2.24) is 0 Å². The Morgan fingerprint density at radius 2 is 2.33 bits per heavy atom. The Kier molecular flexibility index (Phi) is 5.94. The maximum Gasteiger partial charge on any atom is 0.225 e. The van der Waals surface area contributed by atoms with E-state index in [0.717, 1.165) is 0 Å². The Balaban J connectivity index is 2.38. The van der Waals surface area contributed by atoms with E-state index in [1.807, 2.05) is 6.92 Å². The Hall–Kier alpha value is -1.27. The van der Waals surface area contributed by atoms with Gasteiger partial charge in [-0.05, 0) is 18.2 Å². The predicted octanol–water partition coefficient (Wildman–Crippen LogP) is 1.85. The van der Waals surface area contributed by atoms with Gasteiger partial charge in [0.1, 0.15) is 5.82 Å². The third-order valence-electron chi connectivity index (χ3n) is 2.27. The van der Waals surface area contributed by atoms with Gasteiger partial charge in [-0.1, -0.05) is 6.92 Å². The molecule has 1 unspecified atom stereocenters. The van der Waals surface area contributed by atoms with Crippen LogP contribution in [0.15, 0.2) is 18.2 Å². The summed E-state index contributed by atoms with van der Waals surface area (Å²) in [6.45, 7) is 1.99. The number of nitrogens with two attached hydrogens (primary N) is 1. The van der Waals surface area contributed by atoms with Crippen LogP contribution < -0.4 is 11.1 Å². The first-order valence-electron chi connectivity index (χ1n) is 5.60. The number of hydrogen-bond acceptors (Lipinski definition) is 4. The highest BCUT2D eigenvalue weighted by molar-refractivity contribution is 7.99. The van der Waals surface area contributed by atoms with Crippen molar-refractivity contribution in [3.8, 4) is 0 Å². The molecule has 4 nitrogen and oxygen atoms in total. The maximum atomic E-state index is 12.9. The highest BCUT2D eigenvalue weighted by Gasteiger charge is 2.06. The molecule has 0 spiro atoms. The molecule has 0 bridgehead atoms. The van der Waals surface area contributed by atoms with Gasteiger partial charge in [-0.2, -0.15) is 11.8 Å². The second kappa shape index (κ2) is 7.23. The fourth-order valence-electron chi connectivity index (χ4n) is 1.25. The van der Waals surface area contributed by atoms with Gasteiger partial charge < -0.3 is 16.2 Å². The van der Waals surface area contributed by atoms with E-state index >= 15 is 0 Å². The predicted molar refractivity (Wildman–Crippen MR) is 73.1 cm³/mol. The Morgan fingerprint density at radius 1 is 1.61 bits per heavy atom. The lowest BCUT2D eigenvalue weighted by molar-refractivity contribution is -0.115. The van der Waals surface area contributed by atoms with Gasteiger partial charge in [0, 0.05) is 23.1 Å². The van der Waals surface area contributed by atoms with Crippen molar-refractivity contribution in [1.29, 1.82) is 0 Å². The highest BCUT2D eigenvalue weighted by Crippen LogP contribution is 2.17. The van der Waals surface area contributed by atoms with Gasteiger partial charge >= 0.3 is 0 Å². The number of hydrogen-bond donors (Lipinski definition) is 3. The molecule has 1 amide bonds. The van der Waals surface area contributed by atoms with E-state index in [4.69, 9.17) is 10.8 Å². The van der Waals surface area contributed by atoms with Crippen LogP contribution in [0.25, 0.3) is 0 Å². The second-order valence-corrected chi connectivity index (χ2v) is 5.44. The lowest BCUT2D eigenvalue weighted by atomic mass is 10.2. The molecule has 0 radical (unpaired) electrons. The van der Waals surface area contributed by atoms with Gasteiger partial charge in [0.25, 0.3) is 0 Å². The lowest BCUT2D eigenvalue weighted by Gasteiger charge is -2.08. The fraction of sp³-hybridized carbons (Fsp3) is 0.417. The van der Waals surface area contributed by atoms with Gasteiger partial charge in [0.05, 0.1) is 12.3 Å². The number of nitrogens with one attached hydrogen (secondary N) is 1. The number of aliphatic hydroxyl groups excluding tert-OH is 1. The molecule has 1 aromatic rings. The van der Waals surface area contributed by atoms with E-state index in [2.05, 4.69) is 5.32 Å². The molecule has 0 fully saturated rings. The standard InChI is InChI=1S/C12H17FN2O2S/c1-8(7-16)18-5-4-12(17)15-9-2-3-10(13)11(14)6-9/h2-3,6,8,16H,4-5,7,14H2,1H3,(H,15,17). The van der Waals surface area contributed by atoms with Crippen molar-refractivity contribution >= 4 is 29.0 Å². The average Bonchev–Trinajstić information content (AvgIpc) is 2.33. The SMILES string of the molecule is CC(CO)SCCC(=O)Nc1ccc(F)c(N)c1. The number of thioether (sulfide) groups is 1. The Morgan fingerprint density at radius 3 is 2.94 bits per heavy atom. The minimum Gasteiger partial charge on any atom is -0.396 e. The molecule has 100 valence electrons. The summed E-state index contributed by atoms with van der Waals surface area (Å²) in [4.78, 5) is 11.6. The summed E-state index contributed by atoms with van der Waals surface area (Å²) in [6, 6.07) is 4.07. The Labute approximate surface area is 110 Å². The van der Waals surface area contributed by atoms with Crippen molar-refractivity contribution < 1.29 is 14.3 Å². The molecule has 18 heavy (non-hydrogen) atoms. The van der Waals surface area contributed by atoms with Crippen molar-refractivity contribution in [3.05, 3.63) is 24.0 Å². The number of aliphatic hydroxyl groups is 1. The first kappa shape index (κ1) is 14.8. The van der Waals surface area contributed by atoms with Gasteiger partial charge in [-0.15, -0.1) is 0 Å². The van der Waals surface area contributed by atoms with Crippen LogP contribution in [0.1, 0.15) is 13.3 Å². The minimum absolute atomic E-state index is 0.0103. The number of carbonyl (C=O) groups excluding carboxylic acids is 1. The van der Waals surface area contributed by atoms with Gasteiger partial charge in [0.2, 0.25) is 5.91 Å². The van der Waals surface area contributed by atoms with Crippen molar-refractivity contribution in [3.63, 3.8) is 0 Å². The molecule has 6 heteroatoms. The molecule has 0 heterocycles. The van der Waals surface area contributed by atoms with E-state index in [9.17, 15) is 9.18 Å². The van der Waals surface area contributed by atoms with Crippen LogP contribution >= 0.6 is 11.8 Å². The summed E-state index contributed by atoms with van der Waals surface area (Å²) >= 11 is 1.53. The molecule has 0 aliphatic heterocycles. The average molecular weight is 272 g/mol. The van der Waals surface area contributed by atoms with Gasteiger partial charge in [0.15, 0.2) is 0 Å². The normalized spacial score (nSPS) is 12.2. The van der Waals surface area contributed by atoms with Gasteiger partial charge in [-0.25, -0.2) is 4.39 Å². The number of amides is 1. The molecule has 0 saturated carbocycles. The molecule has 0 saturated heterocycles. The number of carbonyl (C=O) groups is 1. The van der Waals surface area contributed by atoms with Crippen LogP contribution in [0.3, 0.4) is 0 Å². The number of anilines is 2. The van der Waals surface area contributed by atoms with Crippen LogP contribution in [-0.2, 0) is 4.79 Å².